The minimum Gasteiger partial charge on any atom is -0.361 e. The van der Waals surface area contributed by atoms with E-state index in [1.54, 1.807) is 0 Å². The van der Waals surface area contributed by atoms with Crippen LogP contribution >= 0.6 is 11.8 Å². The number of rotatable bonds is 6. The van der Waals surface area contributed by atoms with Gasteiger partial charge < -0.3 is 9.88 Å². The molecule has 0 aliphatic heterocycles. The minimum atomic E-state index is 1.12. The van der Waals surface area contributed by atoms with Gasteiger partial charge in [-0.3, -0.25) is 0 Å². The van der Waals surface area contributed by atoms with Gasteiger partial charge in [0.1, 0.15) is 0 Å². The number of hydrogen-bond donors (Lipinski definition) is 1. The number of para-hydroxylation sites is 1. The van der Waals surface area contributed by atoms with E-state index in [0.717, 1.165) is 13.0 Å². The van der Waals surface area contributed by atoms with Crippen molar-refractivity contribution in [3.63, 3.8) is 0 Å². The Labute approximate surface area is 107 Å². The van der Waals surface area contributed by atoms with E-state index >= 15 is 0 Å². The molecule has 0 radical (unpaired) electrons. The van der Waals surface area contributed by atoms with Crippen molar-refractivity contribution in [2.24, 2.45) is 0 Å². The number of benzene rings is 1. The molecule has 0 saturated heterocycles. The van der Waals surface area contributed by atoms with Crippen LogP contribution < -0.4 is 0 Å². The average Bonchev–Trinajstić information content (AvgIpc) is 2.77. The van der Waals surface area contributed by atoms with Gasteiger partial charge in [0.05, 0.1) is 0 Å². The van der Waals surface area contributed by atoms with Crippen molar-refractivity contribution >= 4 is 22.7 Å². The molecule has 92 valence electrons. The summed E-state index contributed by atoms with van der Waals surface area (Å²) >= 11 is 1.91. The van der Waals surface area contributed by atoms with Crippen LogP contribution in [0.5, 0.6) is 0 Å². The highest BCUT2D eigenvalue weighted by molar-refractivity contribution is 7.98. The fourth-order valence-electron chi connectivity index (χ4n) is 2.01. The van der Waals surface area contributed by atoms with Gasteiger partial charge in [-0.15, -0.1) is 0 Å². The van der Waals surface area contributed by atoms with Crippen LogP contribution in [-0.2, 0) is 6.42 Å². The summed E-state index contributed by atoms with van der Waals surface area (Å²) in [7, 11) is 2.20. The average molecular weight is 248 g/mol. The van der Waals surface area contributed by atoms with Crippen LogP contribution in [0.25, 0.3) is 10.9 Å². The number of aromatic nitrogens is 1. The highest BCUT2D eigenvalue weighted by Crippen LogP contribution is 2.18. The Morgan fingerprint density at radius 2 is 2.06 bits per heavy atom. The number of nitrogens with one attached hydrogen (secondary N) is 1. The summed E-state index contributed by atoms with van der Waals surface area (Å²) < 4.78 is 0. The molecule has 1 aromatic heterocycles. The number of likely N-dealkylation sites (N-methyl/N-ethyl adjacent to an activating group) is 1. The summed E-state index contributed by atoms with van der Waals surface area (Å²) in [6, 6.07) is 8.52. The maximum Gasteiger partial charge on any atom is 0.0456 e. The lowest BCUT2D eigenvalue weighted by molar-refractivity contribution is 0.361. The lowest BCUT2D eigenvalue weighted by Crippen LogP contribution is -2.23. The van der Waals surface area contributed by atoms with Crippen molar-refractivity contribution in [2.45, 2.75) is 6.42 Å². The maximum absolute atomic E-state index is 3.33. The fourth-order valence-corrected chi connectivity index (χ4v) is 2.50. The topological polar surface area (TPSA) is 19.0 Å². The first kappa shape index (κ1) is 12.5. The van der Waals surface area contributed by atoms with Crippen molar-refractivity contribution in [3.8, 4) is 0 Å². The third-order valence-electron chi connectivity index (χ3n) is 3.11. The first-order valence-electron chi connectivity index (χ1n) is 6.03. The second-order valence-corrected chi connectivity index (χ2v) is 5.39. The molecule has 17 heavy (non-hydrogen) atoms. The number of nitrogens with zero attached hydrogens (tertiary/aromatic N) is 1. The molecule has 2 nitrogen and oxygen atoms in total. The van der Waals surface area contributed by atoms with Gasteiger partial charge in [-0.25, -0.2) is 0 Å². The van der Waals surface area contributed by atoms with E-state index in [9.17, 15) is 0 Å². The standard InChI is InChI=1S/C14H20N2S/c1-16(9-10-17-2)8-7-12-11-15-14-6-4-3-5-13(12)14/h3-6,11,15H,7-10H2,1-2H3. The Morgan fingerprint density at radius 1 is 1.24 bits per heavy atom. The van der Waals surface area contributed by atoms with Crippen LogP contribution in [-0.4, -0.2) is 42.0 Å². The second kappa shape index (κ2) is 6.12. The molecule has 0 aliphatic rings. The molecule has 0 bridgehead atoms. The molecular formula is C14H20N2S. The molecular weight excluding hydrogens is 228 g/mol. The molecule has 2 rings (SSSR count). The van der Waals surface area contributed by atoms with Crippen molar-refractivity contribution in [2.75, 3.05) is 32.1 Å². The van der Waals surface area contributed by atoms with E-state index in [0.29, 0.717) is 0 Å². The zero-order chi connectivity index (χ0) is 12.1. The molecule has 1 aromatic carbocycles. The Kier molecular flexibility index (Phi) is 4.51. The number of hydrogen-bond acceptors (Lipinski definition) is 2. The van der Waals surface area contributed by atoms with Gasteiger partial charge >= 0.3 is 0 Å². The van der Waals surface area contributed by atoms with E-state index in [-0.39, 0.29) is 0 Å². The van der Waals surface area contributed by atoms with E-state index in [1.807, 2.05) is 11.8 Å². The van der Waals surface area contributed by atoms with E-state index in [2.05, 4.69) is 53.6 Å². The summed E-state index contributed by atoms with van der Waals surface area (Å²) in [5, 5.41) is 1.37. The zero-order valence-electron chi connectivity index (χ0n) is 10.6. The van der Waals surface area contributed by atoms with Crippen LogP contribution in [0.15, 0.2) is 30.5 Å². The smallest absolute Gasteiger partial charge is 0.0456 e. The SMILES string of the molecule is CSCCN(C)CCc1c[nH]c2ccccc12. The predicted octanol–water partition coefficient (Wildman–Crippen LogP) is 3.01. The van der Waals surface area contributed by atoms with Gasteiger partial charge in [0.2, 0.25) is 0 Å². The third-order valence-corrected chi connectivity index (χ3v) is 3.71. The second-order valence-electron chi connectivity index (χ2n) is 4.41. The Bertz CT molecular complexity index is 464. The van der Waals surface area contributed by atoms with Gasteiger partial charge in [-0.2, -0.15) is 11.8 Å². The summed E-state index contributed by atoms with van der Waals surface area (Å²) in [5.74, 6) is 1.21. The quantitative estimate of drug-likeness (QED) is 0.847. The molecule has 0 spiro atoms. The normalized spacial score (nSPS) is 11.5. The summed E-state index contributed by atoms with van der Waals surface area (Å²) in [6.07, 6.45) is 5.43. The van der Waals surface area contributed by atoms with Crippen molar-refractivity contribution in [1.82, 2.24) is 9.88 Å². The molecule has 0 fully saturated rings. The van der Waals surface area contributed by atoms with Crippen LogP contribution in [0.1, 0.15) is 5.56 Å². The van der Waals surface area contributed by atoms with Gasteiger partial charge in [0.25, 0.3) is 0 Å². The molecule has 1 heterocycles. The number of fused-ring (bicyclic) bond motifs is 1. The van der Waals surface area contributed by atoms with Crippen molar-refractivity contribution in [3.05, 3.63) is 36.0 Å². The first-order valence-corrected chi connectivity index (χ1v) is 7.43. The minimum absolute atomic E-state index is 1.12. The number of H-pyrrole nitrogens is 1. The van der Waals surface area contributed by atoms with Crippen LogP contribution in [0.3, 0.4) is 0 Å². The molecule has 0 saturated carbocycles. The Hall–Kier alpha value is -0.930. The largest absolute Gasteiger partial charge is 0.361 e. The molecule has 0 unspecified atom stereocenters. The van der Waals surface area contributed by atoms with Gasteiger partial charge in [-0.1, -0.05) is 18.2 Å². The van der Waals surface area contributed by atoms with Gasteiger partial charge in [0.15, 0.2) is 0 Å². The highest BCUT2D eigenvalue weighted by Gasteiger charge is 2.04. The summed E-state index contributed by atoms with van der Waals surface area (Å²) in [5.41, 5.74) is 2.67. The number of thioether (sulfide) groups is 1. The first-order chi connectivity index (χ1) is 8.31. The lowest BCUT2D eigenvalue weighted by Gasteiger charge is -2.15. The number of aromatic amines is 1. The third kappa shape index (κ3) is 3.27. The van der Waals surface area contributed by atoms with Gasteiger partial charge in [-0.05, 0) is 31.4 Å². The highest BCUT2D eigenvalue weighted by atomic mass is 32.2. The van der Waals surface area contributed by atoms with Crippen LogP contribution in [0.2, 0.25) is 0 Å². The molecule has 0 amide bonds. The summed E-state index contributed by atoms with van der Waals surface area (Å²) in [4.78, 5) is 5.73. The molecule has 3 heteroatoms. The Morgan fingerprint density at radius 3 is 2.88 bits per heavy atom. The van der Waals surface area contributed by atoms with Crippen LogP contribution in [0.4, 0.5) is 0 Å². The van der Waals surface area contributed by atoms with Crippen LogP contribution in [0, 0.1) is 0 Å². The monoisotopic (exact) mass is 248 g/mol. The van der Waals surface area contributed by atoms with Crippen molar-refractivity contribution < 1.29 is 0 Å². The molecule has 0 aliphatic carbocycles. The van der Waals surface area contributed by atoms with E-state index in [4.69, 9.17) is 0 Å². The molecule has 0 atom stereocenters. The predicted molar refractivity (Wildman–Crippen MR) is 77.9 cm³/mol. The van der Waals surface area contributed by atoms with Crippen molar-refractivity contribution in [1.29, 1.82) is 0 Å². The zero-order valence-corrected chi connectivity index (χ0v) is 11.4. The lowest BCUT2D eigenvalue weighted by atomic mass is 10.1. The fraction of sp³-hybridized carbons (Fsp3) is 0.429. The van der Waals surface area contributed by atoms with E-state index in [1.165, 1.54) is 28.8 Å². The van der Waals surface area contributed by atoms with Gasteiger partial charge in [0, 0.05) is 35.9 Å². The molecule has 2 aromatic rings. The molecule has 1 N–H and O–H groups in total. The van der Waals surface area contributed by atoms with E-state index < -0.39 is 0 Å². The Balaban J connectivity index is 1.95. The summed E-state index contributed by atoms with van der Waals surface area (Å²) in [6.45, 7) is 2.30. The maximum atomic E-state index is 3.33.